The lowest BCUT2D eigenvalue weighted by molar-refractivity contribution is 0.799. The van der Waals surface area contributed by atoms with Gasteiger partial charge < -0.3 is 4.57 Å². The molecule has 2 heterocycles. The van der Waals surface area contributed by atoms with Crippen molar-refractivity contribution in [2.24, 2.45) is 0 Å². The molecule has 2 aromatic heterocycles. The van der Waals surface area contributed by atoms with Gasteiger partial charge in [0.25, 0.3) is 0 Å². The molecule has 0 aliphatic carbocycles. The maximum Gasteiger partial charge on any atom is 0.0952 e. The van der Waals surface area contributed by atoms with E-state index in [2.05, 4.69) is 32.7 Å². The Balaban J connectivity index is 2.05. The Bertz CT molecular complexity index is 650. The van der Waals surface area contributed by atoms with Crippen LogP contribution in [0.4, 0.5) is 0 Å². The average Bonchev–Trinajstić information content (AvgIpc) is 2.75. The van der Waals surface area contributed by atoms with Crippen molar-refractivity contribution in [1.29, 1.82) is 0 Å². The van der Waals surface area contributed by atoms with Crippen molar-refractivity contribution in [2.45, 2.75) is 13.5 Å². The highest BCUT2D eigenvalue weighted by Gasteiger charge is 2.02. The van der Waals surface area contributed by atoms with E-state index in [0.29, 0.717) is 0 Å². The quantitative estimate of drug-likeness (QED) is 0.668. The van der Waals surface area contributed by atoms with Crippen LogP contribution in [0.3, 0.4) is 0 Å². The molecule has 3 rings (SSSR count). The van der Waals surface area contributed by atoms with Gasteiger partial charge in [-0.1, -0.05) is 24.3 Å². The van der Waals surface area contributed by atoms with Crippen LogP contribution in [-0.2, 0) is 6.54 Å². The second-order valence-electron chi connectivity index (χ2n) is 4.21. The minimum absolute atomic E-state index is 0.815. The van der Waals surface area contributed by atoms with Crippen molar-refractivity contribution in [1.82, 2.24) is 14.5 Å². The van der Waals surface area contributed by atoms with Crippen LogP contribution in [0.25, 0.3) is 10.8 Å². The van der Waals surface area contributed by atoms with Crippen molar-refractivity contribution in [3.05, 3.63) is 60.4 Å². The molecule has 0 atom stereocenters. The van der Waals surface area contributed by atoms with Crippen molar-refractivity contribution in [3.63, 3.8) is 0 Å². The standard InChI is InChI=1S/C14H13N3/c1-11-8-17(10-16-11)9-13-7-15-6-12-4-2-3-5-14(12)13/h2-8,10H,9H2,1H3. The lowest BCUT2D eigenvalue weighted by atomic mass is 10.1. The molecule has 0 amide bonds. The van der Waals surface area contributed by atoms with E-state index in [4.69, 9.17) is 0 Å². The molecule has 3 heteroatoms. The molecule has 0 fully saturated rings. The van der Waals surface area contributed by atoms with E-state index >= 15 is 0 Å². The maximum absolute atomic E-state index is 4.28. The van der Waals surface area contributed by atoms with Gasteiger partial charge in [-0.25, -0.2) is 4.98 Å². The van der Waals surface area contributed by atoms with Crippen LogP contribution in [-0.4, -0.2) is 14.5 Å². The monoisotopic (exact) mass is 223 g/mol. The summed E-state index contributed by atoms with van der Waals surface area (Å²) in [4.78, 5) is 8.52. The zero-order valence-corrected chi connectivity index (χ0v) is 9.67. The maximum atomic E-state index is 4.28. The van der Waals surface area contributed by atoms with Crippen LogP contribution < -0.4 is 0 Å². The fraction of sp³-hybridized carbons (Fsp3) is 0.143. The topological polar surface area (TPSA) is 30.7 Å². The van der Waals surface area contributed by atoms with Crippen LogP contribution >= 0.6 is 0 Å². The molecule has 0 saturated heterocycles. The van der Waals surface area contributed by atoms with Gasteiger partial charge in [0, 0.05) is 24.0 Å². The number of fused-ring (bicyclic) bond motifs is 1. The summed E-state index contributed by atoms with van der Waals surface area (Å²) in [6, 6.07) is 8.32. The third-order valence-electron chi connectivity index (χ3n) is 2.87. The van der Waals surface area contributed by atoms with Gasteiger partial charge in [-0.2, -0.15) is 0 Å². The predicted molar refractivity (Wildman–Crippen MR) is 67.8 cm³/mol. The fourth-order valence-corrected chi connectivity index (χ4v) is 2.06. The molecule has 84 valence electrons. The number of hydrogen-bond donors (Lipinski definition) is 0. The first-order chi connectivity index (χ1) is 8.33. The number of nitrogens with zero attached hydrogens (tertiary/aromatic N) is 3. The second-order valence-corrected chi connectivity index (χ2v) is 4.21. The van der Waals surface area contributed by atoms with E-state index in [1.54, 1.807) is 0 Å². The molecule has 0 saturated carbocycles. The molecule has 0 spiro atoms. The third-order valence-corrected chi connectivity index (χ3v) is 2.87. The van der Waals surface area contributed by atoms with Gasteiger partial charge in [-0.3, -0.25) is 4.98 Å². The van der Waals surface area contributed by atoms with Crippen molar-refractivity contribution >= 4 is 10.8 Å². The lowest BCUT2D eigenvalue weighted by Gasteiger charge is -2.06. The van der Waals surface area contributed by atoms with Gasteiger partial charge in [0.2, 0.25) is 0 Å². The molecular formula is C14H13N3. The van der Waals surface area contributed by atoms with E-state index < -0.39 is 0 Å². The van der Waals surface area contributed by atoms with E-state index in [9.17, 15) is 0 Å². The molecule has 3 aromatic rings. The molecule has 0 radical (unpaired) electrons. The Kier molecular flexibility index (Phi) is 2.37. The van der Waals surface area contributed by atoms with Crippen molar-refractivity contribution < 1.29 is 0 Å². The van der Waals surface area contributed by atoms with Crippen LogP contribution in [0, 0.1) is 6.92 Å². The number of rotatable bonds is 2. The highest BCUT2D eigenvalue weighted by atomic mass is 15.0. The number of imidazole rings is 1. The first-order valence-electron chi connectivity index (χ1n) is 5.63. The number of pyridine rings is 1. The molecule has 0 unspecified atom stereocenters. The van der Waals surface area contributed by atoms with E-state index in [1.165, 1.54) is 16.3 Å². The van der Waals surface area contributed by atoms with Gasteiger partial charge in [-0.15, -0.1) is 0 Å². The highest BCUT2D eigenvalue weighted by Crippen LogP contribution is 2.17. The summed E-state index contributed by atoms with van der Waals surface area (Å²) < 4.78 is 2.08. The molecular weight excluding hydrogens is 210 g/mol. The minimum Gasteiger partial charge on any atom is -0.333 e. The Morgan fingerprint density at radius 1 is 1.18 bits per heavy atom. The van der Waals surface area contributed by atoms with Crippen LogP contribution in [0.1, 0.15) is 11.3 Å². The smallest absolute Gasteiger partial charge is 0.0952 e. The predicted octanol–water partition coefficient (Wildman–Crippen LogP) is 2.79. The number of aryl methyl sites for hydroxylation is 1. The Labute approximate surface area is 99.8 Å². The minimum atomic E-state index is 0.815. The number of benzene rings is 1. The summed E-state index contributed by atoms with van der Waals surface area (Å²) in [5.41, 5.74) is 2.26. The summed E-state index contributed by atoms with van der Waals surface area (Å²) in [5.74, 6) is 0. The van der Waals surface area contributed by atoms with Crippen molar-refractivity contribution in [2.75, 3.05) is 0 Å². The Morgan fingerprint density at radius 2 is 2.06 bits per heavy atom. The van der Waals surface area contributed by atoms with Crippen LogP contribution in [0.5, 0.6) is 0 Å². The largest absolute Gasteiger partial charge is 0.333 e. The highest BCUT2D eigenvalue weighted by molar-refractivity contribution is 5.84. The summed E-state index contributed by atoms with van der Waals surface area (Å²) in [6.07, 6.45) is 7.73. The molecule has 3 nitrogen and oxygen atoms in total. The van der Waals surface area contributed by atoms with Gasteiger partial charge in [0.1, 0.15) is 0 Å². The van der Waals surface area contributed by atoms with Gasteiger partial charge in [-0.05, 0) is 17.9 Å². The molecule has 0 N–H and O–H groups in total. The fourth-order valence-electron chi connectivity index (χ4n) is 2.06. The first kappa shape index (κ1) is 10.0. The van der Waals surface area contributed by atoms with Gasteiger partial charge >= 0.3 is 0 Å². The molecule has 1 aromatic carbocycles. The SMILES string of the molecule is Cc1cn(Cc2cncc3ccccc23)cn1. The van der Waals surface area contributed by atoms with Gasteiger partial charge in [0.05, 0.1) is 18.6 Å². The Hall–Kier alpha value is -2.16. The lowest BCUT2D eigenvalue weighted by Crippen LogP contribution is -1.98. The third kappa shape index (κ3) is 1.91. The summed E-state index contributed by atoms with van der Waals surface area (Å²) in [5, 5.41) is 2.44. The van der Waals surface area contributed by atoms with Crippen LogP contribution in [0.2, 0.25) is 0 Å². The zero-order chi connectivity index (χ0) is 11.7. The molecule has 0 aliphatic rings. The van der Waals surface area contributed by atoms with Crippen LogP contribution in [0.15, 0.2) is 49.2 Å². The average molecular weight is 223 g/mol. The van der Waals surface area contributed by atoms with Gasteiger partial charge in [0.15, 0.2) is 0 Å². The Morgan fingerprint density at radius 3 is 2.88 bits per heavy atom. The number of aromatic nitrogens is 3. The summed E-state index contributed by atoms with van der Waals surface area (Å²) in [7, 11) is 0. The molecule has 0 bridgehead atoms. The summed E-state index contributed by atoms with van der Waals surface area (Å²) >= 11 is 0. The van der Waals surface area contributed by atoms with E-state index in [-0.39, 0.29) is 0 Å². The summed E-state index contributed by atoms with van der Waals surface area (Å²) in [6.45, 7) is 2.81. The zero-order valence-electron chi connectivity index (χ0n) is 9.67. The molecule has 0 aliphatic heterocycles. The van der Waals surface area contributed by atoms with Crippen molar-refractivity contribution in [3.8, 4) is 0 Å². The normalized spacial score (nSPS) is 10.9. The molecule has 17 heavy (non-hydrogen) atoms. The first-order valence-corrected chi connectivity index (χ1v) is 5.63. The van der Waals surface area contributed by atoms with E-state index in [0.717, 1.165) is 12.2 Å². The number of hydrogen-bond acceptors (Lipinski definition) is 2. The van der Waals surface area contributed by atoms with E-state index in [1.807, 2.05) is 37.9 Å². The second kappa shape index (κ2) is 4.01.